The first-order valence-corrected chi connectivity index (χ1v) is 10.5. The van der Waals surface area contributed by atoms with Crippen molar-refractivity contribution >= 4 is 27.8 Å². The van der Waals surface area contributed by atoms with Gasteiger partial charge in [-0.3, -0.25) is 4.79 Å². The van der Waals surface area contributed by atoms with Crippen molar-refractivity contribution < 1.29 is 13.2 Å². The van der Waals surface area contributed by atoms with Crippen LogP contribution < -0.4 is 0 Å². The molecule has 0 unspecified atom stereocenters. The van der Waals surface area contributed by atoms with Gasteiger partial charge in [0.05, 0.1) is 12.2 Å². The minimum atomic E-state index is -3.77. The van der Waals surface area contributed by atoms with Crippen molar-refractivity contribution in [2.45, 2.75) is 45.6 Å². The second-order valence-corrected chi connectivity index (χ2v) is 9.16. The van der Waals surface area contributed by atoms with E-state index in [-0.39, 0.29) is 17.2 Å². The largest absolute Gasteiger partial charge is 0.348 e. The van der Waals surface area contributed by atoms with Gasteiger partial charge in [-0.2, -0.15) is 0 Å². The molecule has 0 radical (unpaired) electrons. The number of benzene rings is 1. The number of carbonyl (C=O) groups excluding carboxylic acids is 1. The molecule has 0 bridgehead atoms. The number of para-hydroxylation sites is 1. The third-order valence-corrected chi connectivity index (χ3v) is 6.62. The molecule has 0 fully saturated rings. The molecule has 6 nitrogen and oxygen atoms in total. The van der Waals surface area contributed by atoms with E-state index in [4.69, 9.17) is 0 Å². The second kappa shape index (κ2) is 7.31. The lowest BCUT2D eigenvalue weighted by atomic mass is 10.1. The third-order valence-electron chi connectivity index (χ3n) is 4.88. The zero-order valence-electron chi connectivity index (χ0n) is 16.1. The quantitative estimate of drug-likeness (QED) is 0.710. The van der Waals surface area contributed by atoms with Crippen molar-refractivity contribution in [3.05, 3.63) is 47.3 Å². The molecule has 0 N–H and O–H groups in total. The summed E-state index contributed by atoms with van der Waals surface area (Å²) in [4.78, 5) is 17.2. The van der Waals surface area contributed by atoms with Crippen molar-refractivity contribution in [3.63, 3.8) is 0 Å². The molecule has 1 aromatic carbocycles. The van der Waals surface area contributed by atoms with Crippen LogP contribution >= 0.6 is 0 Å². The van der Waals surface area contributed by atoms with Crippen LogP contribution in [0.3, 0.4) is 0 Å². The fourth-order valence-corrected chi connectivity index (χ4v) is 4.61. The summed E-state index contributed by atoms with van der Waals surface area (Å²) < 4.78 is 28.7. The van der Waals surface area contributed by atoms with Crippen molar-refractivity contribution in [1.29, 1.82) is 0 Å². The van der Waals surface area contributed by atoms with Gasteiger partial charge in [-0.1, -0.05) is 26.0 Å². The molecule has 2 aromatic rings. The number of nitrogens with zero attached hydrogens (tertiary/aromatic N) is 3. The smallest absolute Gasteiger partial charge is 0.267 e. The molecule has 7 heteroatoms. The highest BCUT2D eigenvalue weighted by atomic mass is 32.2. The molecule has 0 saturated heterocycles. The van der Waals surface area contributed by atoms with E-state index in [1.54, 1.807) is 18.2 Å². The second-order valence-electron chi connectivity index (χ2n) is 7.30. The summed E-state index contributed by atoms with van der Waals surface area (Å²) in [5.74, 6) is 0.341. The number of aliphatic imine (C=N–C) groups is 1. The summed E-state index contributed by atoms with van der Waals surface area (Å²) in [6, 6.07) is 8.39. The molecule has 3 rings (SSSR count). The van der Waals surface area contributed by atoms with Crippen LogP contribution in [0.25, 0.3) is 0 Å². The zero-order chi connectivity index (χ0) is 19.8. The SMILES string of the molecule is Cc1cc(C(=O)CN2C=Nc3ccccc3S2(=O)=O)c(C)n1CCC(C)C. The maximum absolute atomic E-state index is 12.9. The molecule has 0 aliphatic carbocycles. The van der Waals surface area contributed by atoms with Gasteiger partial charge in [-0.15, -0.1) is 0 Å². The predicted octanol–water partition coefficient (Wildman–Crippen LogP) is 3.70. The number of hydrogen-bond donors (Lipinski definition) is 0. The van der Waals surface area contributed by atoms with E-state index in [1.807, 2.05) is 19.9 Å². The molecule has 1 aliphatic heterocycles. The Kier molecular flexibility index (Phi) is 5.24. The first-order chi connectivity index (χ1) is 12.7. The molecule has 0 atom stereocenters. The molecule has 0 amide bonds. The minimum Gasteiger partial charge on any atom is -0.348 e. The number of sulfonamides is 1. The molecule has 0 spiro atoms. The van der Waals surface area contributed by atoms with Crippen LogP contribution in [-0.4, -0.2) is 36.0 Å². The number of hydrogen-bond acceptors (Lipinski definition) is 4. The number of carbonyl (C=O) groups is 1. The molecular weight excluding hydrogens is 362 g/mol. The fraction of sp³-hybridized carbons (Fsp3) is 0.400. The predicted molar refractivity (Wildman–Crippen MR) is 106 cm³/mol. The first kappa shape index (κ1) is 19.4. The van der Waals surface area contributed by atoms with E-state index in [0.717, 1.165) is 28.7 Å². The van der Waals surface area contributed by atoms with Crippen molar-refractivity contribution in [2.24, 2.45) is 10.9 Å². The number of ketones is 1. The highest BCUT2D eigenvalue weighted by Gasteiger charge is 2.30. The maximum Gasteiger partial charge on any atom is 0.267 e. The Morgan fingerprint density at radius 1 is 1.19 bits per heavy atom. The molecule has 1 aliphatic rings. The van der Waals surface area contributed by atoms with Gasteiger partial charge in [-0.05, 0) is 44.4 Å². The number of fused-ring (bicyclic) bond motifs is 1. The summed E-state index contributed by atoms with van der Waals surface area (Å²) in [6.45, 7) is 8.81. The van der Waals surface area contributed by atoms with Gasteiger partial charge in [0.1, 0.15) is 11.2 Å². The van der Waals surface area contributed by atoms with E-state index in [2.05, 4.69) is 23.4 Å². The third kappa shape index (κ3) is 3.69. The summed E-state index contributed by atoms with van der Waals surface area (Å²) in [6.07, 6.45) is 2.25. The van der Waals surface area contributed by atoms with E-state index in [9.17, 15) is 13.2 Å². The van der Waals surface area contributed by atoms with Crippen LogP contribution in [0.5, 0.6) is 0 Å². The summed E-state index contributed by atoms with van der Waals surface area (Å²) in [5.41, 5.74) is 2.86. The Morgan fingerprint density at radius 2 is 1.89 bits per heavy atom. The Balaban J connectivity index is 1.84. The Labute approximate surface area is 160 Å². The summed E-state index contributed by atoms with van der Waals surface area (Å²) >= 11 is 0. The van der Waals surface area contributed by atoms with Gasteiger partial charge < -0.3 is 4.57 Å². The average molecular weight is 388 g/mol. The minimum absolute atomic E-state index is 0.128. The van der Waals surface area contributed by atoms with Gasteiger partial charge in [-0.25, -0.2) is 17.7 Å². The first-order valence-electron chi connectivity index (χ1n) is 9.07. The van der Waals surface area contributed by atoms with Crippen molar-refractivity contribution in [2.75, 3.05) is 6.54 Å². The van der Waals surface area contributed by atoms with Gasteiger partial charge in [0.25, 0.3) is 10.0 Å². The molecule has 0 saturated carbocycles. The zero-order valence-corrected chi connectivity index (χ0v) is 17.0. The number of aromatic nitrogens is 1. The van der Waals surface area contributed by atoms with Gasteiger partial charge in [0, 0.05) is 23.5 Å². The van der Waals surface area contributed by atoms with Crippen LogP contribution in [0.15, 0.2) is 40.2 Å². The standard InChI is InChI=1S/C20H25N3O3S/c1-14(2)9-10-23-15(3)11-17(16(23)4)19(24)12-22-13-21-18-7-5-6-8-20(18)27(22,25)26/h5-8,11,13-14H,9-10,12H2,1-4H3. The highest BCUT2D eigenvalue weighted by Crippen LogP contribution is 2.30. The van der Waals surface area contributed by atoms with E-state index < -0.39 is 10.0 Å². The normalized spacial score (nSPS) is 15.2. The summed E-state index contributed by atoms with van der Waals surface area (Å²) in [7, 11) is -3.77. The lowest BCUT2D eigenvalue weighted by Gasteiger charge is -2.23. The molecule has 2 heterocycles. The van der Waals surface area contributed by atoms with Crippen LogP contribution in [0, 0.1) is 19.8 Å². The average Bonchev–Trinajstić information content (AvgIpc) is 2.90. The number of Topliss-reactive ketones (excluding diaryl/α,β-unsaturated/α-hetero) is 1. The Morgan fingerprint density at radius 3 is 2.59 bits per heavy atom. The highest BCUT2D eigenvalue weighted by molar-refractivity contribution is 7.89. The van der Waals surface area contributed by atoms with Gasteiger partial charge >= 0.3 is 0 Å². The van der Waals surface area contributed by atoms with Gasteiger partial charge in [0.2, 0.25) is 0 Å². The molecular formula is C20H25N3O3S. The Bertz CT molecular complexity index is 1000. The van der Waals surface area contributed by atoms with Gasteiger partial charge in [0.15, 0.2) is 5.78 Å². The van der Waals surface area contributed by atoms with Crippen LogP contribution in [0.2, 0.25) is 0 Å². The van der Waals surface area contributed by atoms with Crippen LogP contribution in [-0.2, 0) is 16.6 Å². The molecule has 1 aromatic heterocycles. The number of rotatable bonds is 6. The molecule has 27 heavy (non-hydrogen) atoms. The lowest BCUT2D eigenvalue weighted by Crippen LogP contribution is -2.36. The topological polar surface area (TPSA) is 71.7 Å². The van der Waals surface area contributed by atoms with E-state index in [1.165, 1.54) is 12.4 Å². The summed E-state index contributed by atoms with van der Waals surface area (Å²) in [5, 5.41) is 0. The molecule has 144 valence electrons. The Hall–Kier alpha value is -2.41. The monoisotopic (exact) mass is 387 g/mol. The number of aryl methyl sites for hydroxylation is 1. The van der Waals surface area contributed by atoms with Crippen LogP contribution in [0.1, 0.15) is 42.0 Å². The fourth-order valence-electron chi connectivity index (χ4n) is 3.26. The van der Waals surface area contributed by atoms with Crippen molar-refractivity contribution in [1.82, 2.24) is 8.87 Å². The van der Waals surface area contributed by atoms with Crippen molar-refractivity contribution in [3.8, 4) is 0 Å². The lowest BCUT2D eigenvalue weighted by molar-refractivity contribution is 0.0980. The van der Waals surface area contributed by atoms with Crippen LogP contribution in [0.4, 0.5) is 5.69 Å². The van der Waals surface area contributed by atoms with E-state index >= 15 is 0 Å². The maximum atomic E-state index is 12.9. The van der Waals surface area contributed by atoms with E-state index in [0.29, 0.717) is 17.2 Å².